The van der Waals surface area contributed by atoms with Gasteiger partial charge in [-0.05, 0) is 5.01 Å². The van der Waals surface area contributed by atoms with E-state index in [1.165, 1.54) is 0 Å². The molecule has 0 fully saturated rings. The molecule has 0 aliphatic carbocycles. The van der Waals surface area contributed by atoms with Gasteiger partial charge >= 0.3 is 0 Å². The first-order valence-electron chi connectivity index (χ1n) is 0.424. The van der Waals surface area contributed by atoms with Gasteiger partial charge in [0.2, 0.25) is 0 Å². The van der Waals surface area contributed by atoms with Gasteiger partial charge in [-0.1, -0.05) is 0 Å². The maximum absolute atomic E-state index is 6.86. The zero-order chi connectivity index (χ0) is 2.71. The summed E-state index contributed by atoms with van der Waals surface area (Å²) < 4.78 is 0. The summed E-state index contributed by atoms with van der Waals surface area (Å²) in [6.45, 7) is 5.39. The predicted octanol–water partition coefficient (Wildman–Crippen LogP) is 0.292. The Hall–Kier alpha value is -0.191. The molecule has 0 unspecified atom stereocenters. The molecule has 1 N–H and O–H groups in total. The number of nitrogens with zero attached hydrogens (tertiary/aromatic N) is 1. The fourth-order valence-corrected chi connectivity index (χ4v) is 0. The van der Waals surface area contributed by atoms with E-state index in [9.17, 15) is 0 Å². The van der Waals surface area contributed by atoms with Crippen molar-refractivity contribution < 1.29 is 22.3 Å². The van der Waals surface area contributed by atoms with Gasteiger partial charge in [-0.15, -0.1) is 0 Å². The van der Waals surface area contributed by atoms with Crippen molar-refractivity contribution in [3.63, 3.8) is 0 Å². The fourth-order valence-electron chi connectivity index (χ4n) is 0. The van der Waals surface area contributed by atoms with Crippen molar-refractivity contribution in [2.45, 2.75) is 0 Å². The third-order valence-corrected chi connectivity index (χ3v) is 0. The van der Waals surface area contributed by atoms with Crippen LogP contribution in [0.5, 0.6) is 0 Å². The summed E-state index contributed by atoms with van der Waals surface area (Å²) in [6.07, 6.45) is 0. The summed E-state index contributed by atoms with van der Waals surface area (Å²) in [5.41, 5.74) is 0. The molecule has 0 heterocycles. The molecule has 0 rings (SSSR count). The predicted molar refractivity (Wildman–Crippen MR) is 8.39 cm³/mol. The molecular weight excluding hydrogens is 106 g/mol. The van der Waals surface area contributed by atoms with Crippen LogP contribution in [-0.4, -0.2) is 5.21 Å². The van der Waals surface area contributed by atoms with Crippen molar-refractivity contribution in [2.24, 2.45) is 0 Å². The van der Waals surface area contributed by atoms with E-state index in [4.69, 9.17) is 11.8 Å². The van der Waals surface area contributed by atoms with Crippen LogP contribution < -0.4 is 0 Å². The average Bonchev–Trinajstić information content (AvgIpc) is 0.918. The van der Waals surface area contributed by atoms with E-state index in [0.717, 1.165) is 0 Å². The molecule has 0 spiro atoms. The molecule has 0 saturated carbocycles. The number of rotatable bonds is 0. The van der Waals surface area contributed by atoms with Gasteiger partial charge in [-0.25, -0.2) is 5.21 Å². The van der Waals surface area contributed by atoms with Gasteiger partial charge in [0, 0.05) is 17.1 Å². The van der Waals surface area contributed by atoms with Gasteiger partial charge < -0.3 is 0 Å². The van der Waals surface area contributed by atoms with Crippen LogP contribution in [0.4, 0.5) is 0 Å². The minimum atomic E-state index is 0. The molecule has 3 heteroatoms. The van der Waals surface area contributed by atoms with Gasteiger partial charge in [-0.3, -0.25) is 0 Å². The summed E-state index contributed by atoms with van der Waals surface area (Å²) in [7, 11) is 0. The molecule has 0 aromatic heterocycles. The zero-order valence-corrected chi connectivity index (χ0v) is 2.64. The third-order valence-electron chi connectivity index (χ3n) is 0. The summed E-state index contributed by atoms with van der Waals surface area (Å²) >= 11 is 0. The molecule has 2 nitrogen and oxygen atoms in total. The minimum Gasteiger partial charge on any atom is -0.213 e. The molecule has 0 amide bonds. The Kier molecular flexibility index (Phi) is 32.2. The molecule has 27 valence electrons. The van der Waals surface area contributed by atoms with Crippen LogP contribution in [-0.2, 0) is 17.1 Å². The smallest absolute Gasteiger partial charge is 0 e. The van der Waals surface area contributed by atoms with Crippen molar-refractivity contribution in [1.29, 1.82) is 0 Å². The van der Waals surface area contributed by atoms with Crippen molar-refractivity contribution in [3.8, 4) is 0 Å². The second kappa shape index (κ2) is 14.0. The summed E-state index contributed by atoms with van der Waals surface area (Å²) in [6, 6.07) is 0. The van der Waals surface area contributed by atoms with Gasteiger partial charge in [-0.2, -0.15) is 6.57 Å². The van der Waals surface area contributed by atoms with E-state index in [0.29, 0.717) is 0 Å². The quantitative estimate of drug-likeness (QED) is 0.268. The number of hydrogen-bond donors (Lipinski definition) is 1. The topological polar surface area (TPSA) is 24.6 Å². The Labute approximate surface area is 34.7 Å². The van der Waals surface area contributed by atoms with E-state index in [2.05, 4.69) is 0 Å². The second-order valence-corrected chi connectivity index (χ2v) is 0.100. The molecule has 1 radical (unpaired) electrons. The van der Waals surface area contributed by atoms with Gasteiger partial charge in [0.05, 0.1) is 0 Å². The van der Waals surface area contributed by atoms with Gasteiger partial charge in [0.25, 0.3) is 0 Å². The fraction of sp³-hybridized carbons (Fsp3) is 0. The van der Waals surface area contributed by atoms with Gasteiger partial charge in [0.1, 0.15) is 0 Å². The standard InChI is InChI=1S/CHNO.Cu/c1-2-3;/h3H;. The molecule has 0 aromatic carbocycles. The SMILES string of the molecule is [C-]#[N+]O.[Cu]. The molecule has 0 saturated heterocycles. The third kappa shape index (κ3) is 32.7. The van der Waals surface area contributed by atoms with Crippen molar-refractivity contribution in [1.82, 2.24) is 0 Å². The molecule has 0 bridgehead atoms. The van der Waals surface area contributed by atoms with Crippen LogP contribution in [0, 0.1) is 6.57 Å². The Morgan fingerprint density at radius 1 is 1.75 bits per heavy atom. The van der Waals surface area contributed by atoms with E-state index in [1.54, 1.807) is 5.01 Å². The van der Waals surface area contributed by atoms with Crippen LogP contribution in [0.25, 0.3) is 5.01 Å². The van der Waals surface area contributed by atoms with Crippen LogP contribution >= 0.6 is 0 Å². The van der Waals surface area contributed by atoms with Crippen LogP contribution in [0.1, 0.15) is 0 Å². The first-order valence-corrected chi connectivity index (χ1v) is 0.424. The molecular formula is CHCuNO. The summed E-state index contributed by atoms with van der Waals surface area (Å²) in [5, 5.41) is 8.61. The summed E-state index contributed by atoms with van der Waals surface area (Å²) in [5.74, 6) is 0. The zero-order valence-electron chi connectivity index (χ0n) is 1.70. The van der Waals surface area contributed by atoms with E-state index >= 15 is 0 Å². The van der Waals surface area contributed by atoms with Crippen molar-refractivity contribution in [3.05, 3.63) is 11.6 Å². The number of hydrogen-bond acceptors (Lipinski definition) is 1. The maximum atomic E-state index is 6.86. The molecule has 4 heavy (non-hydrogen) atoms. The first-order chi connectivity index (χ1) is 1.41. The van der Waals surface area contributed by atoms with Crippen LogP contribution in [0.3, 0.4) is 0 Å². The monoisotopic (exact) mass is 106 g/mol. The molecule has 0 aliphatic heterocycles. The second-order valence-electron chi connectivity index (χ2n) is 0.100. The molecule has 0 atom stereocenters. The van der Waals surface area contributed by atoms with E-state index in [-0.39, 0.29) is 17.1 Å². The maximum Gasteiger partial charge on any atom is 0 e. The van der Waals surface area contributed by atoms with Crippen molar-refractivity contribution >= 4 is 0 Å². The first kappa shape index (κ1) is 9.18. The van der Waals surface area contributed by atoms with Crippen molar-refractivity contribution in [2.75, 3.05) is 0 Å². The normalized spacial score (nSPS) is 1.75. The van der Waals surface area contributed by atoms with E-state index in [1.807, 2.05) is 0 Å². The average molecular weight is 107 g/mol. The van der Waals surface area contributed by atoms with Crippen LogP contribution in [0.15, 0.2) is 0 Å². The van der Waals surface area contributed by atoms with Crippen LogP contribution in [0.2, 0.25) is 0 Å². The summed E-state index contributed by atoms with van der Waals surface area (Å²) in [4.78, 5) is 0. The molecule has 0 aliphatic rings. The largest absolute Gasteiger partial charge is 0.213 e. The Balaban J connectivity index is 0. The van der Waals surface area contributed by atoms with Gasteiger partial charge in [0.15, 0.2) is 0 Å². The minimum absolute atomic E-state index is 0. The Morgan fingerprint density at radius 3 is 1.75 bits per heavy atom. The Morgan fingerprint density at radius 2 is 1.75 bits per heavy atom. The Bertz CT molecular complexity index is 29.5. The molecule has 0 aromatic rings. The van der Waals surface area contributed by atoms with E-state index < -0.39 is 0 Å².